The van der Waals surface area contributed by atoms with E-state index in [4.69, 9.17) is 12.2 Å². The fourth-order valence-electron chi connectivity index (χ4n) is 2.63. The van der Waals surface area contributed by atoms with Crippen LogP contribution in [0, 0.1) is 0 Å². The molecule has 2 aliphatic heterocycles. The Kier molecular flexibility index (Phi) is 3.03. The first-order valence-corrected chi connectivity index (χ1v) is 9.68. The second-order valence-electron chi connectivity index (χ2n) is 4.84. The van der Waals surface area contributed by atoms with Crippen molar-refractivity contribution < 1.29 is 16.8 Å². The zero-order valence-corrected chi connectivity index (χ0v) is 12.7. The molecule has 2 saturated heterocycles. The van der Waals surface area contributed by atoms with E-state index in [0.717, 1.165) is 0 Å². The Morgan fingerprint density at radius 1 is 1.10 bits per heavy atom. The lowest BCUT2D eigenvalue weighted by atomic mass is 10.2. The highest BCUT2D eigenvalue weighted by Gasteiger charge is 2.52. The molecule has 1 N–H and O–H groups in total. The molecule has 0 saturated carbocycles. The van der Waals surface area contributed by atoms with E-state index >= 15 is 0 Å². The minimum atomic E-state index is -3.73. The summed E-state index contributed by atoms with van der Waals surface area (Å²) in [7, 11) is -7.12. The van der Waals surface area contributed by atoms with Crippen LogP contribution in [0.4, 0.5) is 5.69 Å². The Balaban J connectivity index is 2.10. The standard InChI is InChI=1S/C11H12N2O4S3/c14-19(15)6-9-10(7-19)20(16,17)12-11(18)13(9)8-4-2-1-3-5-8/h1-5,9-10H,6-7H2,(H,12,18)/t9-,10+/m0/s1. The van der Waals surface area contributed by atoms with Gasteiger partial charge in [-0.2, -0.15) is 0 Å². The molecule has 0 bridgehead atoms. The van der Waals surface area contributed by atoms with Crippen LogP contribution in [0.3, 0.4) is 0 Å². The van der Waals surface area contributed by atoms with Crippen molar-refractivity contribution in [3.63, 3.8) is 0 Å². The van der Waals surface area contributed by atoms with E-state index in [0.29, 0.717) is 5.69 Å². The quantitative estimate of drug-likeness (QED) is 0.722. The van der Waals surface area contributed by atoms with E-state index in [1.165, 1.54) is 0 Å². The second-order valence-corrected chi connectivity index (χ2v) is 9.28. The molecule has 0 radical (unpaired) electrons. The topological polar surface area (TPSA) is 83.6 Å². The third kappa shape index (κ3) is 2.19. The van der Waals surface area contributed by atoms with Gasteiger partial charge in [0.05, 0.1) is 17.5 Å². The van der Waals surface area contributed by atoms with E-state index in [2.05, 4.69) is 4.72 Å². The molecule has 108 valence electrons. The van der Waals surface area contributed by atoms with Crippen molar-refractivity contribution in [2.45, 2.75) is 11.3 Å². The van der Waals surface area contributed by atoms with Gasteiger partial charge >= 0.3 is 0 Å². The van der Waals surface area contributed by atoms with Gasteiger partial charge in [0.25, 0.3) is 0 Å². The van der Waals surface area contributed by atoms with Crippen molar-refractivity contribution in [1.29, 1.82) is 0 Å². The summed E-state index contributed by atoms with van der Waals surface area (Å²) in [6, 6.07) is 8.28. The van der Waals surface area contributed by atoms with Crippen molar-refractivity contribution in [2.75, 3.05) is 16.4 Å². The second kappa shape index (κ2) is 4.40. The minimum Gasteiger partial charge on any atom is -0.313 e. The van der Waals surface area contributed by atoms with Gasteiger partial charge in [-0.3, -0.25) is 4.72 Å². The van der Waals surface area contributed by atoms with Crippen LogP contribution >= 0.6 is 12.2 Å². The summed E-state index contributed by atoms with van der Waals surface area (Å²) in [4.78, 5) is 1.59. The number of hydrogen-bond acceptors (Lipinski definition) is 5. The molecule has 20 heavy (non-hydrogen) atoms. The molecule has 0 aliphatic carbocycles. The highest BCUT2D eigenvalue weighted by molar-refractivity contribution is 7.96. The average molecular weight is 332 g/mol. The third-order valence-corrected chi connectivity index (χ3v) is 7.60. The predicted octanol–water partition coefficient (Wildman–Crippen LogP) is -0.124. The summed E-state index contributed by atoms with van der Waals surface area (Å²) in [6.07, 6.45) is 0. The van der Waals surface area contributed by atoms with E-state index in [1.807, 2.05) is 6.07 Å². The van der Waals surface area contributed by atoms with Crippen LogP contribution in [-0.2, 0) is 19.9 Å². The number of sulfone groups is 1. The van der Waals surface area contributed by atoms with Gasteiger partial charge in [0.1, 0.15) is 5.25 Å². The van der Waals surface area contributed by atoms with Gasteiger partial charge in [-0.15, -0.1) is 0 Å². The van der Waals surface area contributed by atoms with Crippen molar-refractivity contribution in [2.24, 2.45) is 0 Å². The number of benzene rings is 1. The van der Waals surface area contributed by atoms with Crippen LogP contribution in [-0.4, -0.2) is 44.7 Å². The largest absolute Gasteiger partial charge is 0.313 e. The highest BCUT2D eigenvalue weighted by atomic mass is 32.2. The molecule has 0 amide bonds. The molecular formula is C11H12N2O4S3. The summed E-state index contributed by atoms with van der Waals surface area (Å²) in [5.41, 5.74) is 0.687. The molecule has 0 spiro atoms. The van der Waals surface area contributed by atoms with Gasteiger partial charge in [0, 0.05) is 5.69 Å². The zero-order chi connectivity index (χ0) is 14.5. The minimum absolute atomic E-state index is 0.0227. The molecule has 0 unspecified atom stereocenters. The van der Waals surface area contributed by atoms with Crippen LogP contribution < -0.4 is 9.62 Å². The number of rotatable bonds is 1. The Bertz CT molecular complexity index is 758. The van der Waals surface area contributed by atoms with Gasteiger partial charge in [0.2, 0.25) is 10.0 Å². The maximum Gasteiger partial charge on any atom is 0.240 e. The van der Waals surface area contributed by atoms with Crippen molar-refractivity contribution in [1.82, 2.24) is 4.72 Å². The monoisotopic (exact) mass is 332 g/mol. The zero-order valence-electron chi connectivity index (χ0n) is 10.3. The lowest BCUT2D eigenvalue weighted by Gasteiger charge is -2.38. The van der Waals surface area contributed by atoms with Crippen LogP contribution in [0.1, 0.15) is 0 Å². The number of thiocarbonyl (C=S) groups is 1. The van der Waals surface area contributed by atoms with Crippen molar-refractivity contribution in [3.8, 4) is 0 Å². The third-order valence-electron chi connectivity index (χ3n) is 3.49. The van der Waals surface area contributed by atoms with Crippen LogP contribution in [0.25, 0.3) is 0 Å². The Morgan fingerprint density at radius 3 is 2.40 bits per heavy atom. The molecule has 1 aromatic rings. The summed E-state index contributed by atoms with van der Waals surface area (Å²) in [5, 5.41) is -0.964. The van der Waals surface area contributed by atoms with Gasteiger partial charge in [-0.1, -0.05) is 18.2 Å². The Morgan fingerprint density at radius 2 is 1.75 bits per heavy atom. The maximum absolute atomic E-state index is 12.0. The average Bonchev–Trinajstić information content (AvgIpc) is 2.66. The van der Waals surface area contributed by atoms with Crippen LogP contribution in [0.5, 0.6) is 0 Å². The Labute approximate surface area is 122 Å². The van der Waals surface area contributed by atoms with E-state index in [1.54, 1.807) is 29.2 Å². The van der Waals surface area contributed by atoms with Crippen LogP contribution in [0.2, 0.25) is 0 Å². The fourth-order valence-corrected chi connectivity index (χ4v) is 7.56. The molecule has 9 heteroatoms. The molecule has 1 aromatic carbocycles. The molecule has 3 rings (SSSR count). The number of hydrogen-bond donors (Lipinski definition) is 1. The lowest BCUT2D eigenvalue weighted by molar-refractivity contribution is 0.562. The first-order chi connectivity index (χ1) is 9.30. The number of sulfonamides is 1. The molecule has 6 nitrogen and oxygen atoms in total. The van der Waals surface area contributed by atoms with Crippen molar-refractivity contribution in [3.05, 3.63) is 30.3 Å². The number of anilines is 1. The van der Waals surface area contributed by atoms with E-state index < -0.39 is 31.2 Å². The number of fused-ring (bicyclic) bond motifs is 1. The van der Waals surface area contributed by atoms with Gasteiger partial charge in [-0.05, 0) is 24.4 Å². The highest BCUT2D eigenvalue weighted by Crippen LogP contribution is 2.31. The number of para-hydroxylation sites is 1. The van der Waals surface area contributed by atoms with Gasteiger partial charge in [0.15, 0.2) is 14.9 Å². The summed E-state index contributed by atoms with van der Waals surface area (Å²) < 4.78 is 50.0. The molecule has 0 aromatic heterocycles. The van der Waals surface area contributed by atoms with E-state index in [-0.39, 0.29) is 16.6 Å². The molecule has 2 fully saturated rings. The van der Waals surface area contributed by atoms with Gasteiger partial charge in [-0.25, -0.2) is 16.8 Å². The first kappa shape index (κ1) is 13.8. The van der Waals surface area contributed by atoms with E-state index in [9.17, 15) is 16.8 Å². The molecule has 2 heterocycles. The maximum atomic E-state index is 12.0. The first-order valence-electron chi connectivity index (χ1n) is 5.90. The summed E-state index contributed by atoms with van der Waals surface area (Å²) in [5.74, 6) is -0.563. The molecular weight excluding hydrogens is 320 g/mol. The Hall–Kier alpha value is -1.19. The summed E-state index contributed by atoms with van der Waals surface area (Å²) >= 11 is 5.10. The molecule has 2 atom stereocenters. The normalized spacial score (nSPS) is 30.6. The van der Waals surface area contributed by atoms with Crippen LogP contribution in [0.15, 0.2) is 30.3 Å². The number of nitrogens with zero attached hydrogens (tertiary/aromatic N) is 1. The van der Waals surface area contributed by atoms with Crippen molar-refractivity contribution >= 4 is 42.9 Å². The number of nitrogens with one attached hydrogen (secondary N) is 1. The summed E-state index contributed by atoms with van der Waals surface area (Å²) in [6.45, 7) is 0. The smallest absolute Gasteiger partial charge is 0.240 e. The SMILES string of the molecule is O=S1(=O)C[C@@H]2[C@H](C1)N(c1ccccc1)C(=S)NS2(=O)=O. The fraction of sp³-hybridized carbons (Fsp3) is 0.364. The van der Waals surface area contributed by atoms with Gasteiger partial charge < -0.3 is 4.90 Å². The predicted molar refractivity (Wildman–Crippen MR) is 79.8 cm³/mol. The molecule has 2 aliphatic rings. The lowest BCUT2D eigenvalue weighted by Crippen LogP contribution is -2.62.